The molecule has 1 amide bonds. The Morgan fingerprint density at radius 3 is 2.12 bits per heavy atom. The first-order valence-electron chi connectivity index (χ1n) is 11.6. The quantitative estimate of drug-likeness (QED) is 0.348. The topological polar surface area (TPSA) is 50.7 Å². The van der Waals surface area contributed by atoms with Gasteiger partial charge >= 0.3 is 0 Å². The van der Waals surface area contributed by atoms with Gasteiger partial charge in [-0.1, -0.05) is 73.0 Å². The molecule has 1 N–H and O–H groups in total. The summed E-state index contributed by atoms with van der Waals surface area (Å²) in [5, 5.41) is 4.56. The van der Waals surface area contributed by atoms with Crippen LogP contribution in [0.3, 0.4) is 0 Å². The predicted molar refractivity (Wildman–Crippen MR) is 134 cm³/mol. The molecule has 3 aromatic rings. The molecular formula is C29H32N2O2. The molecule has 33 heavy (non-hydrogen) atoms. The van der Waals surface area contributed by atoms with E-state index in [1.165, 1.54) is 22.3 Å². The van der Waals surface area contributed by atoms with E-state index in [1.54, 1.807) is 7.11 Å². The maximum atomic E-state index is 13.3. The standard InChI is InChI=1S/C29H32N2O2/c1-5-8-27(22-13-15-25(33-4)16-14-22)30-31-28(32)26-19-29(26,23-11-6-9-20(2)17-23)24-12-7-10-21(3)18-24/h6-7,9-18,26H,5,8,19H2,1-4H3,(H,31,32)/b30-27-. The maximum Gasteiger partial charge on any atom is 0.244 e. The Hall–Kier alpha value is -3.40. The van der Waals surface area contributed by atoms with Crippen molar-refractivity contribution in [2.75, 3.05) is 7.11 Å². The molecule has 4 rings (SSSR count). The fraction of sp³-hybridized carbons (Fsp3) is 0.310. The van der Waals surface area contributed by atoms with Crippen molar-refractivity contribution in [3.8, 4) is 5.75 Å². The minimum absolute atomic E-state index is 0.0277. The summed E-state index contributed by atoms with van der Waals surface area (Å²) < 4.78 is 5.26. The van der Waals surface area contributed by atoms with E-state index in [-0.39, 0.29) is 17.2 Å². The SMILES string of the molecule is CCC/C(=N/NC(=O)C1CC1(c1cccc(C)c1)c1cccc(C)c1)c1ccc(OC)cc1. The van der Waals surface area contributed by atoms with Gasteiger partial charge in [0.25, 0.3) is 0 Å². The summed E-state index contributed by atoms with van der Waals surface area (Å²) in [6.07, 6.45) is 2.52. The van der Waals surface area contributed by atoms with Gasteiger partial charge in [-0.15, -0.1) is 0 Å². The molecule has 1 fully saturated rings. The summed E-state index contributed by atoms with van der Waals surface area (Å²) >= 11 is 0. The van der Waals surface area contributed by atoms with Crippen LogP contribution in [0, 0.1) is 19.8 Å². The van der Waals surface area contributed by atoms with Crippen molar-refractivity contribution in [3.63, 3.8) is 0 Å². The van der Waals surface area contributed by atoms with E-state index in [9.17, 15) is 4.79 Å². The molecular weight excluding hydrogens is 408 g/mol. The lowest BCUT2D eigenvalue weighted by atomic mass is 9.84. The van der Waals surface area contributed by atoms with Crippen LogP contribution < -0.4 is 10.2 Å². The second kappa shape index (κ2) is 9.62. The van der Waals surface area contributed by atoms with Crippen LogP contribution in [0.5, 0.6) is 5.75 Å². The summed E-state index contributed by atoms with van der Waals surface area (Å²) in [7, 11) is 1.65. The van der Waals surface area contributed by atoms with E-state index in [0.29, 0.717) is 0 Å². The van der Waals surface area contributed by atoms with E-state index in [1.807, 2.05) is 24.3 Å². The first-order chi connectivity index (χ1) is 16.0. The van der Waals surface area contributed by atoms with E-state index in [0.717, 1.165) is 36.3 Å². The fourth-order valence-electron chi connectivity index (χ4n) is 4.71. The minimum atomic E-state index is -0.303. The van der Waals surface area contributed by atoms with Crippen molar-refractivity contribution in [2.24, 2.45) is 11.0 Å². The van der Waals surface area contributed by atoms with Gasteiger partial charge in [0.05, 0.1) is 18.7 Å². The Bertz CT molecular complexity index is 1120. The Morgan fingerprint density at radius 2 is 1.61 bits per heavy atom. The number of hydrogen-bond acceptors (Lipinski definition) is 3. The summed E-state index contributed by atoms with van der Waals surface area (Å²) in [5.74, 6) is 0.626. The van der Waals surface area contributed by atoms with Gasteiger partial charge < -0.3 is 4.74 Å². The Kier molecular flexibility index (Phi) is 6.64. The molecule has 1 unspecified atom stereocenters. The van der Waals surface area contributed by atoms with Gasteiger partial charge in [0.2, 0.25) is 5.91 Å². The van der Waals surface area contributed by atoms with Crippen molar-refractivity contribution in [1.29, 1.82) is 0 Å². The van der Waals surface area contributed by atoms with Gasteiger partial charge in [-0.3, -0.25) is 4.79 Å². The van der Waals surface area contributed by atoms with Crippen molar-refractivity contribution < 1.29 is 9.53 Å². The van der Waals surface area contributed by atoms with Gasteiger partial charge in [-0.2, -0.15) is 5.10 Å². The lowest BCUT2D eigenvalue weighted by molar-refractivity contribution is -0.122. The van der Waals surface area contributed by atoms with Crippen LogP contribution in [0.2, 0.25) is 0 Å². The zero-order chi connectivity index (χ0) is 23.4. The van der Waals surface area contributed by atoms with Gasteiger partial charge in [0.15, 0.2) is 0 Å². The van der Waals surface area contributed by atoms with Crippen LogP contribution in [-0.4, -0.2) is 18.7 Å². The molecule has 0 spiro atoms. The molecule has 4 heteroatoms. The number of amides is 1. The van der Waals surface area contributed by atoms with Crippen molar-refractivity contribution in [1.82, 2.24) is 5.43 Å². The summed E-state index contributed by atoms with van der Waals surface area (Å²) in [6.45, 7) is 6.31. The second-order valence-electron chi connectivity index (χ2n) is 8.98. The first kappa shape index (κ1) is 22.8. The number of aryl methyl sites for hydroxylation is 2. The van der Waals surface area contributed by atoms with Crippen molar-refractivity contribution >= 4 is 11.6 Å². The lowest BCUT2D eigenvalue weighted by Crippen LogP contribution is -2.26. The molecule has 4 nitrogen and oxygen atoms in total. The van der Waals surface area contributed by atoms with Crippen LogP contribution in [-0.2, 0) is 10.2 Å². The zero-order valence-corrected chi connectivity index (χ0v) is 19.9. The van der Waals surface area contributed by atoms with Crippen molar-refractivity contribution in [3.05, 3.63) is 101 Å². The predicted octanol–water partition coefficient (Wildman–Crippen LogP) is 5.94. The Labute approximate surface area is 196 Å². The van der Waals surface area contributed by atoms with E-state index >= 15 is 0 Å². The van der Waals surface area contributed by atoms with Crippen LogP contribution >= 0.6 is 0 Å². The third-order valence-electron chi connectivity index (χ3n) is 6.55. The average molecular weight is 441 g/mol. The normalized spacial score (nSPS) is 16.8. The number of hydrogen-bond donors (Lipinski definition) is 1. The summed E-state index contributed by atoms with van der Waals surface area (Å²) in [4.78, 5) is 13.3. The van der Waals surface area contributed by atoms with E-state index in [2.05, 4.69) is 79.8 Å². The van der Waals surface area contributed by atoms with Crippen LogP contribution in [0.1, 0.15) is 54.0 Å². The molecule has 0 radical (unpaired) electrons. The third-order valence-corrected chi connectivity index (χ3v) is 6.55. The van der Waals surface area contributed by atoms with Crippen LogP contribution in [0.15, 0.2) is 77.9 Å². The summed E-state index contributed by atoms with van der Waals surface area (Å²) in [6, 6.07) is 24.9. The number of carbonyl (C=O) groups is 1. The Balaban J connectivity index is 1.61. The molecule has 0 aromatic heterocycles. The van der Waals surface area contributed by atoms with Gasteiger partial charge in [0.1, 0.15) is 5.75 Å². The smallest absolute Gasteiger partial charge is 0.244 e. The molecule has 0 saturated heterocycles. The molecule has 1 aliphatic carbocycles. The molecule has 0 bridgehead atoms. The first-order valence-corrected chi connectivity index (χ1v) is 11.6. The molecule has 0 aliphatic heterocycles. The monoisotopic (exact) mass is 440 g/mol. The lowest BCUT2D eigenvalue weighted by Gasteiger charge is -2.20. The minimum Gasteiger partial charge on any atom is -0.497 e. The highest BCUT2D eigenvalue weighted by atomic mass is 16.5. The molecule has 1 saturated carbocycles. The molecule has 170 valence electrons. The number of nitrogens with one attached hydrogen (secondary N) is 1. The number of carbonyl (C=O) groups excluding carboxylic acids is 1. The van der Waals surface area contributed by atoms with Crippen LogP contribution in [0.25, 0.3) is 0 Å². The average Bonchev–Trinajstić information content (AvgIpc) is 3.59. The van der Waals surface area contributed by atoms with E-state index < -0.39 is 0 Å². The van der Waals surface area contributed by atoms with Gasteiger partial charge in [-0.05, 0) is 67.6 Å². The van der Waals surface area contributed by atoms with Crippen molar-refractivity contribution in [2.45, 2.75) is 45.4 Å². The fourth-order valence-corrected chi connectivity index (χ4v) is 4.71. The van der Waals surface area contributed by atoms with Gasteiger partial charge in [0, 0.05) is 5.41 Å². The molecule has 1 aliphatic rings. The highest BCUT2D eigenvalue weighted by Crippen LogP contribution is 2.59. The largest absolute Gasteiger partial charge is 0.497 e. The summed E-state index contributed by atoms with van der Waals surface area (Å²) in [5.41, 5.74) is 9.27. The van der Waals surface area contributed by atoms with E-state index in [4.69, 9.17) is 4.74 Å². The number of ether oxygens (including phenoxy) is 1. The highest BCUT2D eigenvalue weighted by molar-refractivity contribution is 6.01. The number of rotatable bonds is 8. The third kappa shape index (κ3) is 4.70. The second-order valence-corrected chi connectivity index (χ2v) is 8.98. The Morgan fingerprint density at radius 1 is 1.00 bits per heavy atom. The van der Waals surface area contributed by atoms with Crippen LogP contribution in [0.4, 0.5) is 0 Å². The highest BCUT2D eigenvalue weighted by Gasteiger charge is 2.60. The number of nitrogens with zero attached hydrogens (tertiary/aromatic N) is 1. The van der Waals surface area contributed by atoms with Gasteiger partial charge in [-0.25, -0.2) is 5.43 Å². The zero-order valence-electron chi connectivity index (χ0n) is 19.9. The molecule has 1 atom stereocenters. The maximum absolute atomic E-state index is 13.3. The molecule has 3 aromatic carbocycles. The number of methoxy groups -OCH3 is 1. The molecule has 0 heterocycles. The number of hydrazone groups is 1. The number of benzene rings is 3.